The Bertz CT molecular complexity index is 319. The predicted octanol–water partition coefficient (Wildman–Crippen LogP) is 3.11. The lowest BCUT2D eigenvalue weighted by atomic mass is 10.2. The Balaban J connectivity index is 2.53. The summed E-state index contributed by atoms with van der Waals surface area (Å²) in [4.78, 5) is 1.25. The molecular formula is C12H18N2S. The van der Waals surface area contributed by atoms with Crippen molar-refractivity contribution in [3.05, 3.63) is 29.8 Å². The minimum absolute atomic E-state index is 0.133. The third-order valence-corrected chi connectivity index (χ3v) is 3.74. The maximum absolute atomic E-state index is 7.28. The minimum atomic E-state index is 0.133. The van der Waals surface area contributed by atoms with Gasteiger partial charge in [-0.3, -0.25) is 5.41 Å². The van der Waals surface area contributed by atoms with Gasteiger partial charge in [0, 0.05) is 16.2 Å². The molecular weight excluding hydrogens is 204 g/mol. The smallest absolute Gasteiger partial charge is 0.122 e. The Morgan fingerprint density at radius 2 is 2.00 bits per heavy atom. The lowest BCUT2D eigenvalue weighted by Gasteiger charge is -2.07. The Hall–Kier alpha value is -0.960. The van der Waals surface area contributed by atoms with Crippen LogP contribution in [0.25, 0.3) is 0 Å². The molecule has 3 N–H and O–H groups in total. The van der Waals surface area contributed by atoms with Gasteiger partial charge in [0.25, 0.3) is 0 Å². The Kier molecular flexibility index (Phi) is 4.69. The number of nitrogen functional groups attached to an aromatic ring is 1. The van der Waals surface area contributed by atoms with Gasteiger partial charge in [0.1, 0.15) is 5.84 Å². The Morgan fingerprint density at radius 3 is 2.47 bits per heavy atom. The first kappa shape index (κ1) is 12.1. The fourth-order valence-electron chi connectivity index (χ4n) is 1.09. The first-order chi connectivity index (χ1) is 7.13. The van der Waals surface area contributed by atoms with Gasteiger partial charge in [-0.05, 0) is 18.1 Å². The van der Waals surface area contributed by atoms with E-state index in [9.17, 15) is 0 Å². The van der Waals surface area contributed by atoms with Gasteiger partial charge < -0.3 is 5.73 Å². The molecule has 0 bridgehead atoms. The van der Waals surface area contributed by atoms with Crippen molar-refractivity contribution in [1.29, 1.82) is 5.41 Å². The van der Waals surface area contributed by atoms with Gasteiger partial charge in [0.2, 0.25) is 0 Å². The second-order valence-electron chi connectivity index (χ2n) is 3.76. The number of nitrogens with one attached hydrogen (secondary N) is 1. The van der Waals surface area contributed by atoms with E-state index < -0.39 is 0 Å². The molecule has 1 atom stereocenters. The number of rotatable bonds is 5. The summed E-state index contributed by atoms with van der Waals surface area (Å²) in [5.74, 6) is 2.03. The average molecular weight is 222 g/mol. The van der Waals surface area contributed by atoms with Crippen molar-refractivity contribution in [3.8, 4) is 0 Å². The minimum Gasteiger partial charge on any atom is -0.384 e. The van der Waals surface area contributed by atoms with Crippen molar-refractivity contribution in [2.75, 3.05) is 5.75 Å². The van der Waals surface area contributed by atoms with Gasteiger partial charge in [0.05, 0.1) is 0 Å². The van der Waals surface area contributed by atoms with Gasteiger partial charge in [-0.25, -0.2) is 0 Å². The van der Waals surface area contributed by atoms with Crippen LogP contribution in [0.4, 0.5) is 0 Å². The molecule has 1 rings (SSSR count). The van der Waals surface area contributed by atoms with Crippen LogP contribution in [0, 0.1) is 11.3 Å². The van der Waals surface area contributed by atoms with Crippen LogP contribution in [0.5, 0.6) is 0 Å². The standard InChI is InChI=1S/C12H18N2S/c1-3-9(2)8-15-11-6-4-10(5-7-11)12(13)14/h4-7,9H,3,8H2,1-2H3,(H3,13,14). The number of nitrogens with two attached hydrogens (primary N) is 1. The zero-order valence-electron chi connectivity index (χ0n) is 9.29. The average Bonchev–Trinajstić information content (AvgIpc) is 2.26. The fourth-order valence-corrected chi connectivity index (χ4v) is 2.13. The molecule has 82 valence electrons. The summed E-state index contributed by atoms with van der Waals surface area (Å²) in [7, 11) is 0. The summed E-state index contributed by atoms with van der Waals surface area (Å²) >= 11 is 1.86. The molecule has 2 nitrogen and oxygen atoms in total. The molecule has 0 spiro atoms. The summed E-state index contributed by atoms with van der Waals surface area (Å²) in [6.07, 6.45) is 1.22. The molecule has 1 aromatic carbocycles. The van der Waals surface area contributed by atoms with Gasteiger partial charge in [0.15, 0.2) is 0 Å². The van der Waals surface area contributed by atoms with Crippen molar-refractivity contribution < 1.29 is 0 Å². The van der Waals surface area contributed by atoms with Crippen molar-refractivity contribution in [3.63, 3.8) is 0 Å². The van der Waals surface area contributed by atoms with Crippen molar-refractivity contribution in [1.82, 2.24) is 0 Å². The monoisotopic (exact) mass is 222 g/mol. The summed E-state index contributed by atoms with van der Waals surface area (Å²) in [6.45, 7) is 4.47. The molecule has 1 aromatic rings. The lowest BCUT2D eigenvalue weighted by Crippen LogP contribution is -2.10. The molecule has 0 radical (unpaired) electrons. The fraction of sp³-hybridized carbons (Fsp3) is 0.417. The van der Waals surface area contributed by atoms with Crippen LogP contribution >= 0.6 is 11.8 Å². The number of amidine groups is 1. The second kappa shape index (κ2) is 5.81. The molecule has 1 unspecified atom stereocenters. The second-order valence-corrected chi connectivity index (χ2v) is 4.86. The Labute approximate surface area is 95.8 Å². The maximum Gasteiger partial charge on any atom is 0.122 e. The van der Waals surface area contributed by atoms with E-state index in [1.54, 1.807) is 0 Å². The third-order valence-electron chi connectivity index (χ3n) is 2.40. The quantitative estimate of drug-likeness (QED) is 0.457. The lowest BCUT2D eigenvalue weighted by molar-refractivity contribution is 0.637. The predicted molar refractivity (Wildman–Crippen MR) is 67.6 cm³/mol. The van der Waals surface area contributed by atoms with Gasteiger partial charge >= 0.3 is 0 Å². The molecule has 0 amide bonds. The van der Waals surface area contributed by atoms with E-state index in [4.69, 9.17) is 11.1 Å². The van der Waals surface area contributed by atoms with Crippen LogP contribution < -0.4 is 5.73 Å². The van der Waals surface area contributed by atoms with Crippen LogP contribution in [0.2, 0.25) is 0 Å². The molecule has 0 saturated heterocycles. The largest absolute Gasteiger partial charge is 0.384 e. The van der Waals surface area contributed by atoms with Gasteiger partial charge in [-0.15, -0.1) is 11.8 Å². The highest BCUT2D eigenvalue weighted by Gasteiger charge is 2.01. The number of hydrogen-bond acceptors (Lipinski definition) is 2. The molecule has 0 fully saturated rings. The SMILES string of the molecule is CCC(C)CSc1ccc(C(=N)N)cc1. The highest BCUT2D eigenvalue weighted by Crippen LogP contribution is 2.22. The van der Waals surface area contributed by atoms with Crippen LogP contribution in [0.1, 0.15) is 25.8 Å². The highest BCUT2D eigenvalue weighted by molar-refractivity contribution is 7.99. The van der Waals surface area contributed by atoms with E-state index in [1.165, 1.54) is 11.3 Å². The molecule has 15 heavy (non-hydrogen) atoms. The first-order valence-electron chi connectivity index (χ1n) is 5.20. The van der Waals surface area contributed by atoms with E-state index in [0.717, 1.165) is 17.2 Å². The zero-order valence-corrected chi connectivity index (χ0v) is 10.1. The highest BCUT2D eigenvalue weighted by atomic mass is 32.2. The molecule has 0 aromatic heterocycles. The molecule has 0 aliphatic rings. The number of thioether (sulfide) groups is 1. The first-order valence-corrected chi connectivity index (χ1v) is 6.19. The third kappa shape index (κ3) is 3.96. The van der Waals surface area contributed by atoms with Crippen LogP contribution in [-0.2, 0) is 0 Å². The number of hydrogen-bond donors (Lipinski definition) is 2. The van der Waals surface area contributed by atoms with E-state index in [0.29, 0.717) is 0 Å². The summed E-state index contributed by atoms with van der Waals surface area (Å²) in [5, 5.41) is 7.28. The zero-order chi connectivity index (χ0) is 11.3. The summed E-state index contributed by atoms with van der Waals surface area (Å²) in [5.41, 5.74) is 6.18. The van der Waals surface area contributed by atoms with Crippen molar-refractivity contribution in [2.24, 2.45) is 11.7 Å². The van der Waals surface area contributed by atoms with Crippen molar-refractivity contribution in [2.45, 2.75) is 25.2 Å². The topological polar surface area (TPSA) is 49.9 Å². The summed E-state index contributed by atoms with van der Waals surface area (Å²) < 4.78 is 0. The van der Waals surface area contributed by atoms with Crippen molar-refractivity contribution >= 4 is 17.6 Å². The Morgan fingerprint density at radius 1 is 1.40 bits per heavy atom. The summed E-state index contributed by atoms with van der Waals surface area (Å²) in [6, 6.07) is 7.87. The molecule has 3 heteroatoms. The number of benzene rings is 1. The van der Waals surface area contributed by atoms with Gasteiger partial charge in [-0.1, -0.05) is 32.4 Å². The molecule has 0 aliphatic heterocycles. The van der Waals surface area contributed by atoms with E-state index in [1.807, 2.05) is 36.0 Å². The normalized spacial score (nSPS) is 12.4. The van der Waals surface area contributed by atoms with Gasteiger partial charge in [-0.2, -0.15) is 0 Å². The van der Waals surface area contributed by atoms with Crippen LogP contribution in [-0.4, -0.2) is 11.6 Å². The van der Waals surface area contributed by atoms with E-state index >= 15 is 0 Å². The van der Waals surface area contributed by atoms with Crippen LogP contribution in [0.3, 0.4) is 0 Å². The van der Waals surface area contributed by atoms with E-state index in [-0.39, 0.29) is 5.84 Å². The molecule has 0 aliphatic carbocycles. The van der Waals surface area contributed by atoms with Crippen LogP contribution in [0.15, 0.2) is 29.2 Å². The van der Waals surface area contributed by atoms with E-state index in [2.05, 4.69) is 13.8 Å². The molecule has 0 heterocycles. The maximum atomic E-state index is 7.28. The molecule has 0 saturated carbocycles.